The maximum atomic E-state index is 14.9. The maximum Gasteiger partial charge on any atom is 0.165 e. The highest BCUT2D eigenvalue weighted by Gasteiger charge is 2.49. The van der Waals surface area contributed by atoms with E-state index in [9.17, 15) is 17.2 Å². The molecule has 1 atom stereocenters. The molecule has 0 aliphatic carbocycles. The molecule has 32 heavy (non-hydrogen) atoms. The van der Waals surface area contributed by atoms with Gasteiger partial charge in [-0.1, -0.05) is 11.6 Å². The van der Waals surface area contributed by atoms with Crippen LogP contribution in [0.4, 0.5) is 8.78 Å². The zero-order chi connectivity index (χ0) is 23.5. The van der Waals surface area contributed by atoms with E-state index in [-0.39, 0.29) is 23.0 Å². The summed E-state index contributed by atoms with van der Waals surface area (Å²) in [5, 5.41) is 0.217. The lowest BCUT2D eigenvalue weighted by Crippen LogP contribution is -2.55. The molecule has 1 aliphatic heterocycles. The van der Waals surface area contributed by atoms with Crippen molar-refractivity contribution in [1.29, 1.82) is 0 Å². The van der Waals surface area contributed by atoms with Crippen LogP contribution in [-0.2, 0) is 21.8 Å². The first-order valence-electron chi connectivity index (χ1n) is 9.67. The van der Waals surface area contributed by atoms with E-state index in [0.717, 1.165) is 6.07 Å². The second kappa shape index (κ2) is 7.41. The van der Waals surface area contributed by atoms with Gasteiger partial charge in [-0.2, -0.15) is 0 Å². The summed E-state index contributed by atoms with van der Waals surface area (Å²) in [6.07, 6.45) is 3.00. The fourth-order valence-corrected chi connectivity index (χ4v) is 5.55. The van der Waals surface area contributed by atoms with Crippen molar-refractivity contribution in [3.8, 4) is 0 Å². The zero-order valence-electron chi connectivity index (χ0n) is 17.5. The molecule has 0 fully saturated rings. The molecule has 168 valence electrons. The van der Waals surface area contributed by atoms with Gasteiger partial charge in [0.05, 0.1) is 23.2 Å². The van der Waals surface area contributed by atoms with Crippen LogP contribution in [0.1, 0.15) is 37.6 Å². The summed E-state index contributed by atoms with van der Waals surface area (Å²) in [7, 11) is -3.79. The van der Waals surface area contributed by atoms with Gasteiger partial charge in [0, 0.05) is 18.2 Å². The molecule has 1 aliphatic rings. The Labute approximate surface area is 188 Å². The Morgan fingerprint density at radius 3 is 2.59 bits per heavy atom. The number of nitrogens with zero attached hydrogens (tertiary/aromatic N) is 4. The van der Waals surface area contributed by atoms with Gasteiger partial charge < -0.3 is 5.73 Å². The Morgan fingerprint density at radius 1 is 1.19 bits per heavy atom. The van der Waals surface area contributed by atoms with E-state index < -0.39 is 37.5 Å². The SMILES string of the molecule is CC1(c2cc(Cc3nccc4nc(Cl)cnc34)cc(F)c2F)CS(=O)(=O)C(C)(C)C(N)=N1. The molecule has 0 amide bonds. The Morgan fingerprint density at radius 2 is 1.91 bits per heavy atom. The summed E-state index contributed by atoms with van der Waals surface area (Å²) in [6.45, 7) is 4.30. The lowest BCUT2D eigenvalue weighted by molar-refractivity contribution is 0.444. The number of hydrogen-bond donors (Lipinski definition) is 1. The molecular formula is C21H20ClF2N5O2S. The van der Waals surface area contributed by atoms with Crippen molar-refractivity contribution in [3.63, 3.8) is 0 Å². The number of hydrogen-bond acceptors (Lipinski definition) is 7. The molecule has 3 heterocycles. The standard InChI is InChI=1S/C21H20ClF2N5O2S/c1-20(2)19(25)29-21(3,10-32(20,30)31)12-6-11(7-13(23)17(12)24)8-15-18-14(4-5-26-15)28-16(22)9-27-18/h4-7,9H,8,10H2,1-3H3,(H2,25,29). The van der Waals surface area contributed by atoms with Crippen LogP contribution >= 0.6 is 11.6 Å². The number of aromatic nitrogens is 3. The number of benzene rings is 1. The van der Waals surface area contributed by atoms with Gasteiger partial charge in [0.1, 0.15) is 26.8 Å². The molecule has 0 saturated heterocycles. The number of pyridine rings is 1. The minimum absolute atomic E-state index is 0.103. The Balaban J connectivity index is 1.83. The van der Waals surface area contributed by atoms with Crippen molar-refractivity contribution in [3.05, 3.63) is 64.2 Å². The first-order valence-corrected chi connectivity index (χ1v) is 11.7. The van der Waals surface area contributed by atoms with Gasteiger partial charge in [0.15, 0.2) is 21.5 Å². The summed E-state index contributed by atoms with van der Waals surface area (Å²) in [5.74, 6) is -2.95. The van der Waals surface area contributed by atoms with Crippen molar-refractivity contribution < 1.29 is 17.2 Å². The molecular weight excluding hydrogens is 460 g/mol. The topological polar surface area (TPSA) is 111 Å². The van der Waals surface area contributed by atoms with Crippen molar-refractivity contribution in [2.75, 3.05) is 5.75 Å². The van der Waals surface area contributed by atoms with E-state index in [1.165, 1.54) is 39.2 Å². The number of aliphatic imine (C=N–C) groups is 1. The molecule has 0 spiro atoms. The molecule has 0 radical (unpaired) electrons. The molecule has 7 nitrogen and oxygen atoms in total. The molecule has 0 saturated carbocycles. The van der Waals surface area contributed by atoms with Crippen molar-refractivity contribution in [1.82, 2.24) is 15.0 Å². The summed E-state index contributed by atoms with van der Waals surface area (Å²) in [4.78, 5) is 17.0. The minimum Gasteiger partial charge on any atom is -0.386 e. The first-order chi connectivity index (χ1) is 14.8. The van der Waals surface area contributed by atoms with Gasteiger partial charge in [-0.3, -0.25) is 9.98 Å². The number of amidine groups is 1. The molecule has 1 aromatic carbocycles. The molecule has 2 aromatic heterocycles. The molecule has 11 heteroatoms. The average molecular weight is 480 g/mol. The van der Waals surface area contributed by atoms with E-state index in [4.69, 9.17) is 17.3 Å². The van der Waals surface area contributed by atoms with Gasteiger partial charge in [-0.15, -0.1) is 0 Å². The van der Waals surface area contributed by atoms with E-state index >= 15 is 0 Å². The van der Waals surface area contributed by atoms with Crippen molar-refractivity contribution in [2.45, 2.75) is 37.5 Å². The molecule has 0 bridgehead atoms. The maximum absolute atomic E-state index is 14.9. The smallest absolute Gasteiger partial charge is 0.165 e. The van der Waals surface area contributed by atoms with Gasteiger partial charge in [-0.25, -0.2) is 27.2 Å². The Bertz CT molecular complexity index is 1390. The second-order valence-electron chi connectivity index (χ2n) is 8.47. The predicted molar refractivity (Wildman–Crippen MR) is 118 cm³/mol. The molecule has 3 aromatic rings. The van der Waals surface area contributed by atoms with Crippen LogP contribution in [0.15, 0.2) is 35.6 Å². The van der Waals surface area contributed by atoms with Crippen LogP contribution in [0.5, 0.6) is 0 Å². The lowest BCUT2D eigenvalue weighted by Gasteiger charge is -2.38. The third kappa shape index (κ3) is 3.61. The van der Waals surface area contributed by atoms with Crippen LogP contribution in [0, 0.1) is 11.6 Å². The molecule has 1 unspecified atom stereocenters. The van der Waals surface area contributed by atoms with E-state index in [2.05, 4.69) is 19.9 Å². The predicted octanol–water partition coefficient (Wildman–Crippen LogP) is 3.33. The van der Waals surface area contributed by atoms with Crippen molar-refractivity contribution >= 4 is 38.3 Å². The van der Waals surface area contributed by atoms with Gasteiger partial charge >= 0.3 is 0 Å². The van der Waals surface area contributed by atoms with Crippen molar-refractivity contribution in [2.24, 2.45) is 10.7 Å². The van der Waals surface area contributed by atoms with E-state index in [0.29, 0.717) is 22.3 Å². The quantitative estimate of drug-likeness (QED) is 0.616. The average Bonchev–Trinajstić information content (AvgIpc) is 2.68. The van der Waals surface area contributed by atoms with Gasteiger partial charge in [-0.05, 0) is 44.5 Å². The largest absolute Gasteiger partial charge is 0.386 e. The van der Waals surface area contributed by atoms with Gasteiger partial charge in [0.25, 0.3) is 0 Å². The number of halogens is 3. The third-order valence-electron chi connectivity index (χ3n) is 5.78. The first kappa shape index (κ1) is 22.5. The molecule has 4 rings (SSSR count). The van der Waals surface area contributed by atoms with Gasteiger partial charge in [0.2, 0.25) is 0 Å². The van der Waals surface area contributed by atoms with Crippen LogP contribution in [0.25, 0.3) is 11.0 Å². The summed E-state index contributed by atoms with van der Waals surface area (Å²) in [6, 6.07) is 4.08. The monoisotopic (exact) mass is 479 g/mol. The Kier molecular flexibility index (Phi) is 5.21. The Hall–Kier alpha value is -2.72. The third-order valence-corrected chi connectivity index (χ3v) is 8.67. The van der Waals surface area contributed by atoms with E-state index in [1.54, 1.807) is 6.07 Å². The summed E-state index contributed by atoms with van der Waals surface area (Å²) >= 11 is 5.89. The number of sulfone groups is 1. The number of nitrogens with two attached hydrogens (primary N) is 1. The number of fused-ring (bicyclic) bond motifs is 1. The normalized spacial score (nSPS) is 22.0. The van der Waals surface area contributed by atoms with Crippen LogP contribution in [-0.4, -0.2) is 39.7 Å². The highest BCUT2D eigenvalue weighted by molar-refractivity contribution is 7.93. The zero-order valence-corrected chi connectivity index (χ0v) is 19.1. The van der Waals surface area contributed by atoms with E-state index in [1.807, 2.05) is 0 Å². The van der Waals surface area contributed by atoms with Crippen LogP contribution in [0.3, 0.4) is 0 Å². The molecule has 2 N–H and O–H groups in total. The second-order valence-corrected chi connectivity index (χ2v) is 11.4. The fraction of sp³-hybridized carbons (Fsp3) is 0.333. The van der Waals surface area contributed by atoms with Crippen LogP contribution < -0.4 is 5.73 Å². The highest BCUT2D eigenvalue weighted by atomic mass is 35.5. The lowest BCUT2D eigenvalue weighted by atomic mass is 9.90. The van der Waals surface area contributed by atoms with Crippen LogP contribution in [0.2, 0.25) is 5.15 Å². The number of rotatable bonds is 3. The highest BCUT2D eigenvalue weighted by Crippen LogP contribution is 2.38. The minimum atomic E-state index is -3.79. The fourth-order valence-electron chi connectivity index (χ4n) is 3.72. The summed E-state index contributed by atoms with van der Waals surface area (Å²) in [5.41, 5.74) is 6.00. The summed E-state index contributed by atoms with van der Waals surface area (Å²) < 4.78 is 53.8.